The number of nitrogens with one attached hydrogen (secondary N) is 2. The molecule has 0 saturated carbocycles. The van der Waals surface area contributed by atoms with Crippen LogP contribution in [0.1, 0.15) is 38.5 Å². The molecule has 1 aliphatic rings. The van der Waals surface area contributed by atoms with Crippen molar-refractivity contribution in [1.29, 1.82) is 0 Å². The smallest absolute Gasteiger partial charge is 0.303 e. The van der Waals surface area contributed by atoms with E-state index < -0.39 is 5.97 Å². The summed E-state index contributed by atoms with van der Waals surface area (Å²) in [6, 6.07) is -0.0148. The average Bonchev–Trinajstić information content (AvgIpc) is 2.75. The van der Waals surface area contributed by atoms with E-state index in [9.17, 15) is 9.59 Å². The van der Waals surface area contributed by atoms with Crippen LogP contribution < -0.4 is 10.6 Å². The molecule has 5 nitrogen and oxygen atoms in total. The molecule has 0 aromatic rings. The van der Waals surface area contributed by atoms with Gasteiger partial charge in [0.15, 0.2) is 0 Å². The lowest BCUT2D eigenvalue weighted by Gasteiger charge is -2.10. The summed E-state index contributed by atoms with van der Waals surface area (Å²) in [6.45, 7) is 1.58. The number of rotatable bonds is 7. The summed E-state index contributed by atoms with van der Waals surface area (Å²) in [5.74, 6) is -0.671. The van der Waals surface area contributed by atoms with Crippen molar-refractivity contribution in [3.8, 4) is 0 Å². The molecule has 1 heterocycles. The Morgan fingerprint density at radius 1 is 1.31 bits per heavy atom. The lowest BCUT2D eigenvalue weighted by atomic mass is 10.2. The van der Waals surface area contributed by atoms with Gasteiger partial charge in [-0.15, -0.1) is 0 Å². The Morgan fingerprint density at radius 2 is 2.12 bits per heavy atom. The molecule has 1 amide bonds. The number of carboxylic acids is 1. The van der Waals surface area contributed by atoms with Crippen LogP contribution in [-0.2, 0) is 9.59 Å². The van der Waals surface area contributed by atoms with Crippen LogP contribution in [0, 0.1) is 0 Å². The summed E-state index contributed by atoms with van der Waals surface area (Å²) >= 11 is 0. The molecule has 1 rings (SSSR count). The highest BCUT2D eigenvalue weighted by atomic mass is 16.4. The molecular weight excluding hydrogens is 208 g/mol. The molecule has 0 aliphatic carbocycles. The van der Waals surface area contributed by atoms with E-state index >= 15 is 0 Å². The van der Waals surface area contributed by atoms with Crippen LogP contribution in [0.4, 0.5) is 0 Å². The van der Waals surface area contributed by atoms with Crippen LogP contribution in [0.15, 0.2) is 0 Å². The molecule has 0 aromatic carbocycles. The maximum absolute atomic E-state index is 11.5. The Kier molecular flexibility index (Phi) is 5.85. The first-order valence-electron chi connectivity index (χ1n) is 5.93. The Morgan fingerprint density at radius 3 is 2.75 bits per heavy atom. The van der Waals surface area contributed by atoms with Crippen molar-refractivity contribution in [1.82, 2.24) is 10.6 Å². The van der Waals surface area contributed by atoms with Crippen molar-refractivity contribution in [2.75, 3.05) is 13.1 Å². The molecule has 92 valence electrons. The molecule has 1 unspecified atom stereocenters. The second-order valence-corrected chi connectivity index (χ2v) is 4.14. The van der Waals surface area contributed by atoms with Gasteiger partial charge in [0.1, 0.15) is 0 Å². The van der Waals surface area contributed by atoms with Crippen LogP contribution in [0.25, 0.3) is 0 Å². The van der Waals surface area contributed by atoms with Crippen LogP contribution in [0.2, 0.25) is 0 Å². The molecule has 16 heavy (non-hydrogen) atoms. The first-order valence-corrected chi connectivity index (χ1v) is 5.93. The zero-order valence-corrected chi connectivity index (χ0v) is 9.50. The average molecular weight is 228 g/mol. The highest BCUT2D eigenvalue weighted by molar-refractivity contribution is 5.81. The Bertz CT molecular complexity index is 237. The maximum atomic E-state index is 11.5. The van der Waals surface area contributed by atoms with Gasteiger partial charge in [0.25, 0.3) is 0 Å². The van der Waals surface area contributed by atoms with Crippen molar-refractivity contribution in [3.63, 3.8) is 0 Å². The standard InChI is InChI=1S/C11H20N2O3/c14-10(15)6-2-1-3-7-13-11(16)9-5-4-8-12-9/h9,12H,1-8H2,(H,13,16)(H,14,15). The predicted octanol–water partition coefficient (Wildman–Crippen LogP) is 0.500. The molecule has 0 radical (unpaired) electrons. The number of carboxylic acid groups (broad SMARTS) is 1. The van der Waals surface area contributed by atoms with Crippen molar-refractivity contribution >= 4 is 11.9 Å². The highest BCUT2D eigenvalue weighted by Gasteiger charge is 2.20. The zero-order valence-electron chi connectivity index (χ0n) is 9.50. The Labute approximate surface area is 95.6 Å². The monoisotopic (exact) mass is 228 g/mol. The van der Waals surface area contributed by atoms with E-state index in [0.717, 1.165) is 32.2 Å². The van der Waals surface area contributed by atoms with Crippen LogP contribution in [0.5, 0.6) is 0 Å². The van der Waals surface area contributed by atoms with Gasteiger partial charge in [-0.3, -0.25) is 9.59 Å². The summed E-state index contributed by atoms with van der Waals surface area (Å²) in [5, 5.41) is 14.4. The van der Waals surface area contributed by atoms with Crippen molar-refractivity contribution in [3.05, 3.63) is 0 Å². The summed E-state index contributed by atoms with van der Waals surface area (Å²) in [5.41, 5.74) is 0. The first-order chi connectivity index (χ1) is 7.70. The quantitative estimate of drug-likeness (QED) is 0.554. The second-order valence-electron chi connectivity index (χ2n) is 4.14. The van der Waals surface area contributed by atoms with E-state index in [0.29, 0.717) is 13.0 Å². The third-order valence-electron chi connectivity index (χ3n) is 2.74. The van der Waals surface area contributed by atoms with Gasteiger partial charge >= 0.3 is 5.97 Å². The van der Waals surface area contributed by atoms with Gasteiger partial charge in [0, 0.05) is 13.0 Å². The Hall–Kier alpha value is -1.10. The molecule has 0 bridgehead atoms. The molecule has 1 aliphatic heterocycles. The number of hydrogen-bond donors (Lipinski definition) is 3. The fourth-order valence-corrected chi connectivity index (χ4v) is 1.82. The van der Waals surface area contributed by atoms with E-state index in [1.54, 1.807) is 0 Å². The minimum Gasteiger partial charge on any atom is -0.481 e. The first kappa shape index (κ1) is 13.0. The van der Waals surface area contributed by atoms with E-state index in [2.05, 4.69) is 10.6 Å². The van der Waals surface area contributed by atoms with E-state index in [4.69, 9.17) is 5.11 Å². The van der Waals surface area contributed by atoms with Crippen molar-refractivity contribution in [2.45, 2.75) is 44.6 Å². The van der Waals surface area contributed by atoms with Crippen LogP contribution in [-0.4, -0.2) is 36.1 Å². The van der Waals surface area contributed by atoms with Gasteiger partial charge < -0.3 is 15.7 Å². The van der Waals surface area contributed by atoms with Crippen LogP contribution >= 0.6 is 0 Å². The SMILES string of the molecule is O=C(O)CCCCCNC(=O)C1CCCN1. The topological polar surface area (TPSA) is 78.4 Å². The molecular formula is C11H20N2O3. The van der Waals surface area contributed by atoms with Crippen molar-refractivity contribution < 1.29 is 14.7 Å². The fourth-order valence-electron chi connectivity index (χ4n) is 1.82. The molecule has 3 N–H and O–H groups in total. The van der Waals surface area contributed by atoms with E-state index in [1.165, 1.54) is 0 Å². The molecule has 0 aromatic heterocycles. The van der Waals surface area contributed by atoms with Gasteiger partial charge in [-0.25, -0.2) is 0 Å². The minimum atomic E-state index is -0.751. The summed E-state index contributed by atoms with van der Waals surface area (Å²) in [4.78, 5) is 21.8. The molecule has 1 atom stereocenters. The zero-order chi connectivity index (χ0) is 11.8. The molecule has 0 spiro atoms. The molecule has 1 saturated heterocycles. The largest absolute Gasteiger partial charge is 0.481 e. The number of carbonyl (C=O) groups excluding carboxylic acids is 1. The fraction of sp³-hybridized carbons (Fsp3) is 0.818. The van der Waals surface area contributed by atoms with Crippen molar-refractivity contribution in [2.24, 2.45) is 0 Å². The molecule has 1 fully saturated rings. The maximum Gasteiger partial charge on any atom is 0.303 e. The van der Waals surface area contributed by atoms with Gasteiger partial charge in [-0.2, -0.15) is 0 Å². The second kappa shape index (κ2) is 7.22. The van der Waals surface area contributed by atoms with Gasteiger partial charge in [0.2, 0.25) is 5.91 Å². The third-order valence-corrected chi connectivity index (χ3v) is 2.74. The highest BCUT2D eigenvalue weighted by Crippen LogP contribution is 2.04. The summed E-state index contributed by atoms with van der Waals surface area (Å²) in [6.07, 6.45) is 4.60. The van der Waals surface area contributed by atoms with Gasteiger partial charge in [-0.1, -0.05) is 6.42 Å². The van der Waals surface area contributed by atoms with Crippen LogP contribution in [0.3, 0.4) is 0 Å². The normalized spacial score (nSPS) is 19.6. The number of hydrogen-bond acceptors (Lipinski definition) is 3. The van der Waals surface area contributed by atoms with E-state index in [-0.39, 0.29) is 18.4 Å². The minimum absolute atomic E-state index is 0.0148. The van der Waals surface area contributed by atoms with Gasteiger partial charge in [-0.05, 0) is 32.2 Å². The van der Waals surface area contributed by atoms with Gasteiger partial charge in [0.05, 0.1) is 6.04 Å². The molecule has 5 heteroatoms. The summed E-state index contributed by atoms with van der Waals surface area (Å²) in [7, 11) is 0. The number of aliphatic carboxylic acids is 1. The lowest BCUT2D eigenvalue weighted by Crippen LogP contribution is -2.40. The van der Waals surface area contributed by atoms with E-state index in [1.807, 2.05) is 0 Å². The third kappa shape index (κ3) is 5.11. The predicted molar refractivity (Wildman–Crippen MR) is 60.1 cm³/mol. The number of carbonyl (C=O) groups is 2. The number of unbranched alkanes of at least 4 members (excludes halogenated alkanes) is 2. The Balaban J connectivity index is 1.94. The number of amides is 1. The summed E-state index contributed by atoms with van der Waals surface area (Å²) < 4.78 is 0. The lowest BCUT2D eigenvalue weighted by molar-refractivity contribution is -0.137.